The van der Waals surface area contributed by atoms with Crippen LogP contribution < -0.4 is 21.3 Å². The number of nitrogens with one attached hydrogen (secondary N) is 3. The first kappa shape index (κ1) is 17.5. The van der Waals surface area contributed by atoms with Gasteiger partial charge in [-0.1, -0.05) is 6.42 Å². The number of carbonyl (C=O) groups is 1. The highest BCUT2D eigenvalue weighted by molar-refractivity contribution is 5.94. The van der Waals surface area contributed by atoms with Crippen molar-refractivity contribution in [3.8, 4) is 11.6 Å². The Morgan fingerprint density at radius 2 is 1.96 bits per heavy atom. The number of piperidine rings is 1. The van der Waals surface area contributed by atoms with Gasteiger partial charge in [-0.05, 0) is 44.1 Å². The molecule has 1 saturated heterocycles. The molecule has 2 aliphatic rings. The fourth-order valence-electron chi connectivity index (χ4n) is 3.61. The highest BCUT2D eigenvalue weighted by atomic mass is 16.5. The van der Waals surface area contributed by atoms with E-state index in [9.17, 15) is 14.4 Å². The number of benzene rings is 1. The van der Waals surface area contributed by atoms with Gasteiger partial charge >= 0.3 is 5.69 Å². The molecule has 0 unspecified atom stereocenters. The number of amides is 1. The first-order chi connectivity index (χ1) is 13.1. The van der Waals surface area contributed by atoms with Crippen LogP contribution in [0.4, 0.5) is 0 Å². The fourth-order valence-corrected chi connectivity index (χ4v) is 3.61. The molecule has 0 radical (unpaired) electrons. The third kappa shape index (κ3) is 3.80. The molecule has 27 heavy (non-hydrogen) atoms. The lowest BCUT2D eigenvalue weighted by Crippen LogP contribution is -2.37. The van der Waals surface area contributed by atoms with Crippen molar-refractivity contribution in [3.63, 3.8) is 0 Å². The van der Waals surface area contributed by atoms with E-state index in [2.05, 4.69) is 20.2 Å². The molecule has 0 saturated carbocycles. The smallest absolute Gasteiger partial charge is 0.328 e. The third-order valence-corrected chi connectivity index (χ3v) is 5.07. The molecule has 4 rings (SSSR count). The van der Waals surface area contributed by atoms with Crippen molar-refractivity contribution < 1.29 is 9.53 Å². The van der Waals surface area contributed by atoms with Gasteiger partial charge in [0.1, 0.15) is 5.75 Å². The van der Waals surface area contributed by atoms with E-state index in [1.54, 1.807) is 18.2 Å². The van der Waals surface area contributed by atoms with Gasteiger partial charge in [-0.2, -0.15) is 0 Å². The van der Waals surface area contributed by atoms with E-state index in [0.29, 0.717) is 29.8 Å². The zero-order valence-corrected chi connectivity index (χ0v) is 15.0. The average Bonchev–Trinajstić information content (AvgIpc) is 2.67. The Hall–Kier alpha value is -2.87. The van der Waals surface area contributed by atoms with E-state index in [1.807, 2.05) is 0 Å². The number of aromatic amines is 2. The molecular weight excluding hydrogens is 348 g/mol. The lowest BCUT2D eigenvalue weighted by atomic mass is 10.0. The maximum atomic E-state index is 12.4. The first-order valence-electron chi connectivity index (χ1n) is 9.27. The summed E-state index contributed by atoms with van der Waals surface area (Å²) in [4.78, 5) is 42.8. The Bertz CT molecular complexity index is 972. The van der Waals surface area contributed by atoms with Crippen molar-refractivity contribution in [1.29, 1.82) is 0 Å². The zero-order valence-electron chi connectivity index (χ0n) is 15.0. The van der Waals surface area contributed by atoms with Crippen molar-refractivity contribution in [3.05, 3.63) is 55.7 Å². The summed E-state index contributed by atoms with van der Waals surface area (Å²) in [5, 5.41) is 2.95. The van der Waals surface area contributed by atoms with Crippen molar-refractivity contribution in [2.75, 3.05) is 26.2 Å². The zero-order chi connectivity index (χ0) is 18.8. The SMILES string of the molecule is O=C(NCCN1CCCCC1)c1ccc2c(c1)Cc1c([nH]c(=O)[nH]c1=O)O2. The summed E-state index contributed by atoms with van der Waals surface area (Å²) in [6.07, 6.45) is 4.04. The predicted octanol–water partition coefficient (Wildman–Crippen LogP) is 0.975. The van der Waals surface area contributed by atoms with E-state index in [-0.39, 0.29) is 11.8 Å². The van der Waals surface area contributed by atoms with Crippen LogP contribution in [0.3, 0.4) is 0 Å². The van der Waals surface area contributed by atoms with Crippen molar-refractivity contribution >= 4 is 5.91 Å². The number of likely N-dealkylation sites (tertiary alicyclic amines) is 1. The topological polar surface area (TPSA) is 107 Å². The molecule has 0 atom stereocenters. The van der Waals surface area contributed by atoms with E-state index in [1.165, 1.54) is 19.3 Å². The fraction of sp³-hybridized carbons (Fsp3) is 0.421. The Labute approximate surface area is 155 Å². The molecule has 8 nitrogen and oxygen atoms in total. The van der Waals surface area contributed by atoms with Gasteiger partial charge in [0.2, 0.25) is 5.88 Å². The Balaban J connectivity index is 1.43. The van der Waals surface area contributed by atoms with Crippen molar-refractivity contribution in [2.45, 2.75) is 25.7 Å². The molecular formula is C19H22N4O4. The van der Waals surface area contributed by atoms with E-state index in [4.69, 9.17) is 4.74 Å². The van der Waals surface area contributed by atoms with Crippen LogP contribution in [-0.4, -0.2) is 47.0 Å². The maximum absolute atomic E-state index is 12.4. The Morgan fingerprint density at radius 1 is 1.15 bits per heavy atom. The van der Waals surface area contributed by atoms with Crippen LogP contribution >= 0.6 is 0 Å². The number of ether oxygens (including phenoxy) is 1. The standard InChI is InChI=1S/C19H22N4O4/c24-16(20-6-9-23-7-2-1-3-8-23)12-4-5-15-13(10-12)11-14-17(25)21-19(26)22-18(14)27-15/h4-5,10H,1-3,6-9,11H2,(H,20,24)(H2,21,22,25,26). The minimum absolute atomic E-state index is 0.143. The molecule has 3 N–H and O–H groups in total. The van der Waals surface area contributed by atoms with Gasteiger partial charge in [0, 0.05) is 30.6 Å². The second-order valence-electron chi connectivity index (χ2n) is 6.98. The quantitative estimate of drug-likeness (QED) is 0.634. The van der Waals surface area contributed by atoms with Crippen LogP contribution in [0.5, 0.6) is 11.6 Å². The van der Waals surface area contributed by atoms with Crippen molar-refractivity contribution in [2.24, 2.45) is 0 Å². The number of aromatic nitrogens is 2. The molecule has 1 aromatic heterocycles. The van der Waals surface area contributed by atoms with Crippen LogP contribution in [0.15, 0.2) is 27.8 Å². The number of hydrogen-bond donors (Lipinski definition) is 3. The summed E-state index contributed by atoms with van der Waals surface area (Å²) < 4.78 is 5.62. The highest BCUT2D eigenvalue weighted by Gasteiger charge is 2.22. The molecule has 0 spiro atoms. The predicted molar refractivity (Wildman–Crippen MR) is 99.6 cm³/mol. The van der Waals surface area contributed by atoms with Crippen LogP contribution in [-0.2, 0) is 6.42 Å². The Morgan fingerprint density at radius 3 is 2.78 bits per heavy atom. The average molecular weight is 370 g/mol. The second kappa shape index (κ2) is 7.40. The summed E-state index contributed by atoms with van der Waals surface area (Å²) in [5.41, 5.74) is 0.538. The normalized spacial score (nSPS) is 16.1. The van der Waals surface area contributed by atoms with E-state index >= 15 is 0 Å². The summed E-state index contributed by atoms with van der Waals surface area (Å²) in [6.45, 7) is 3.66. The minimum Gasteiger partial charge on any atom is -0.440 e. The largest absolute Gasteiger partial charge is 0.440 e. The van der Waals surface area contributed by atoms with Gasteiger partial charge < -0.3 is 15.0 Å². The Kier molecular flexibility index (Phi) is 4.81. The van der Waals surface area contributed by atoms with E-state index < -0.39 is 11.2 Å². The lowest BCUT2D eigenvalue weighted by Gasteiger charge is -2.26. The van der Waals surface area contributed by atoms with Crippen LogP contribution in [0.1, 0.15) is 40.7 Å². The molecule has 1 aromatic carbocycles. The van der Waals surface area contributed by atoms with Crippen molar-refractivity contribution in [1.82, 2.24) is 20.2 Å². The summed E-state index contributed by atoms with van der Waals surface area (Å²) in [6, 6.07) is 5.11. The molecule has 0 bridgehead atoms. The molecule has 1 fully saturated rings. The summed E-state index contributed by atoms with van der Waals surface area (Å²) in [5.74, 6) is 0.555. The first-order valence-corrected chi connectivity index (χ1v) is 9.27. The summed E-state index contributed by atoms with van der Waals surface area (Å²) in [7, 11) is 0. The molecule has 8 heteroatoms. The molecule has 1 amide bonds. The molecule has 2 aliphatic heterocycles. The monoisotopic (exact) mass is 370 g/mol. The van der Waals surface area contributed by atoms with Gasteiger partial charge in [0.05, 0.1) is 5.56 Å². The van der Waals surface area contributed by atoms with Gasteiger partial charge in [-0.25, -0.2) is 4.79 Å². The van der Waals surface area contributed by atoms with Gasteiger partial charge in [-0.15, -0.1) is 0 Å². The minimum atomic E-state index is -0.605. The number of fused-ring (bicyclic) bond motifs is 2. The number of nitrogens with zero attached hydrogens (tertiary/aromatic N) is 1. The van der Waals surface area contributed by atoms with Gasteiger partial charge in [-0.3, -0.25) is 19.6 Å². The van der Waals surface area contributed by atoms with Gasteiger partial charge in [0.25, 0.3) is 11.5 Å². The van der Waals surface area contributed by atoms with Crippen LogP contribution in [0.25, 0.3) is 0 Å². The third-order valence-electron chi connectivity index (χ3n) is 5.07. The number of rotatable bonds is 4. The molecule has 142 valence electrons. The number of hydrogen-bond acceptors (Lipinski definition) is 5. The van der Waals surface area contributed by atoms with Crippen LogP contribution in [0.2, 0.25) is 0 Å². The maximum Gasteiger partial charge on any atom is 0.328 e. The second-order valence-corrected chi connectivity index (χ2v) is 6.98. The summed E-state index contributed by atoms with van der Waals surface area (Å²) >= 11 is 0. The van der Waals surface area contributed by atoms with E-state index in [0.717, 1.165) is 25.2 Å². The number of carbonyl (C=O) groups excluding carboxylic acids is 1. The molecule has 2 aromatic rings. The van der Waals surface area contributed by atoms with Crippen LogP contribution in [0, 0.1) is 0 Å². The molecule has 0 aliphatic carbocycles. The highest BCUT2D eigenvalue weighted by Crippen LogP contribution is 2.33. The molecule has 3 heterocycles. The van der Waals surface area contributed by atoms with Gasteiger partial charge in [0.15, 0.2) is 0 Å². The lowest BCUT2D eigenvalue weighted by molar-refractivity contribution is 0.0946. The number of H-pyrrole nitrogens is 2.